The van der Waals surface area contributed by atoms with Crippen LogP contribution < -0.4 is 20.1 Å². The van der Waals surface area contributed by atoms with Gasteiger partial charge in [-0.25, -0.2) is 9.97 Å². The van der Waals surface area contributed by atoms with Crippen LogP contribution in [-0.4, -0.2) is 78.7 Å². The molecule has 3 N–H and O–H groups in total. The number of H-pyrrole nitrogens is 1. The fourth-order valence-corrected chi connectivity index (χ4v) is 4.90. The summed E-state index contributed by atoms with van der Waals surface area (Å²) in [6.07, 6.45) is 2.72. The zero-order valence-corrected chi connectivity index (χ0v) is 22.7. The molecule has 0 radical (unpaired) electrons. The number of hydrogen-bond donors (Lipinski definition) is 3. The van der Waals surface area contributed by atoms with E-state index in [0.717, 1.165) is 78.0 Å². The minimum absolute atomic E-state index is 0.578. The molecule has 3 aromatic carbocycles. The highest BCUT2D eigenvalue weighted by molar-refractivity contribution is 5.95. The molecule has 0 amide bonds. The van der Waals surface area contributed by atoms with Crippen molar-refractivity contribution in [3.05, 3.63) is 60.8 Å². The molecule has 6 rings (SSSR count). The smallest absolute Gasteiger partial charge is 0.162 e. The van der Waals surface area contributed by atoms with E-state index < -0.39 is 0 Å². The van der Waals surface area contributed by atoms with Gasteiger partial charge in [-0.3, -0.25) is 10.00 Å². The lowest BCUT2D eigenvalue weighted by molar-refractivity contribution is 0.0357. The number of rotatable bonds is 10. The summed E-state index contributed by atoms with van der Waals surface area (Å²) in [6.45, 7) is 5.08. The van der Waals surface area contributed by atoms with Gasteiger partial charge in [-0.15, -0.1) is 0 Å². The van der Waals surface area contributed by atoms with Crippen LogP contribution in [0.3, 0.4) is 0 Å². The molecule has 206 valence electrons. The summed E-state index contributed by atoms with van der Waals surface area (Å²) in [5, 5.41) is 15.7. The number of methoxy groups -OCH3 is 1. The molecule has 2 aromatic heterocycles. The predicted octanol–water partition coefficient (Wildman–Crippen LogP) is 5.07. The molecule has 0 spiro atoms. The summed E-state index contributed by atoms with van der Waals surface area (Å²) in [6, 6.07) is 18.0. The zero-order chi connectivity index (χ0) is 27.3. The molecular formula is C30H33N7O3. The van der Waals surface area contributed by atoms with E-state index in [1.54, 1.807) is 13.3 Å². The molecule has 10 heteroatoms. The maximum absolute atomic E-state index is 6.24. The third-order valence-corrected chi connectivity index (χ3v) is 7.07. The number of benzene rings is 3. The Morgan fingerprint density at radius 2 is 1.90 bits per heavy atom. The van der Waals surface area contributed by atoms with Crippen LogP contribution in [-0.2, 0) is 4.74 Å². The van der Waals surface area contributed by atoms with Crippen LogP contribution in [0, 0.1) is 0 Å². The van der Waals surface area contributed by atoms with Crippen molar-refractivity contribution >= 4 is 39.0 Å². The SMILES string of the molecule is CNc1cccc(-c2nc(Nc3ccc4[nH]ncc4c3)c3cc(OCCCN4CCOCC4)c(OC)cc3n2)c1. The lowest BCUT2D eigenvalue weighted by Gasteiger charge is -2.26. The maximum atomic E-state index is 6.24. The molecule has 40 heavy (non-hydrogen) atoms. The highest BCUT2D eigenvalue weighted by Gasteiger charge is 2.16. The van der Waals surface area contributed by atoms with Gasteiger partial charge in [0.05, 0.1) is 44.2 Å². The van der Waals surface area contributed by atoms with Gasteiger partial charge in [0.2, 0.25) is 0 Å². The van der Waals surface area contributed by atoms with Crippen LogP contribution in [0.15, 0.2) is 60.8 Å². The van der Waals surface area contributed by atoms with Crippen LogP contribution >= 0.6 is 0 Å². The quantitative estimate of drug-likeness (QED) is 0.210. The van der Waals surface area contributed by atoms with E-state index in [0.29, 0.717) is 29.7 Å². The second-order valence-corrected chi connectivity index (χ2v) is 9.70. The zero-order valence-electron chi connectivity index (χ0n) is 22.7. The Kier molecular flexibility index (Phi) is 7.60. The molecule has 5 aromatic rings. The second kappa shape index (κ2) is 11.8. The van der Waals surface area contributed by atoms with E-state index in [2.05, 4.69) is 25.7 Å². The largest absolute Gasteiger partial charge is 0.493 e. The highest BCUT2D eigenvalue weighted by Crippen LogP contribution is 2.37. The Bertz CT molecular complexity index is 1610. The van der Waals surface area contributed by atoms with E-state index in [1.807, 2.05) is 61.6 Å². The normalized spacial score (nSPS) is 13.9. The lowest BCUT2D eigenvalue weighted by atomic mass is 10.1. The lowest BCUT2D eigenvalue weighted by Crippen LogP contribution is -2.37. The average Bonchev–Trinajstić information content (AvgIpc) is 3.47. The minimum Gasteiger partial charge on any atom is -0.493 e. The average molecular weight is 540 g/mol. The molecule has 0 unspecified atom stereocenters. The topological polar surface area (TPSA) is 109 Å². The molecule has 1 aliphatic rings. The fraction of sp³-hybridized carbons (Fsp3) is 0.300. The van der Waals surface area contributed by atoms with E-state index in [4.69, 9.17) is 24.2 Å². The first-order chi connectivity index (χ1) is 19.7. The number of anilines is 3. The van der Waals surface area contributed by atoms with E-state index >= 15 is 0 Å². The first kappa shape index (κ1) is 25.8. The Hall–Kier alpha value is -4.41. The summed E-state index contributed by atoms with van der Waals surface area (Å²) in [5.41, 5.74) is 4.51. The standard InChI is InChI=1S/C30H33N7O3/c1-31-22-6-3-5-20(15-22)29-34-26-18-27(38-2)28(40-12-4-9-37-10-13-39-14-11-37)17-24(26)30(35-29)33-23-7-8-25-21(16-23)19-32-36-25/h3,5-8,15-19,31H,4,9-14H2,1-2H3,(H,32,36)(H,33,34,35). The molecule has 0 aliphatic carbocycles. The minimum atomic E-state index is 0.578. The summed E-state index contributed by atoms with van der Waals surface area (Å²) in [4.78, 5) is 12.3. The molecule has 1 fully saturated rings. The number of nitrogens with zero attached hydrogens (tertiary/aromatic N) is 4. The summed E-state index contributed by atoms with van der Waals surface area (Å²) in [7, 11) is 3.55. The second-order valence-electron chi connectivity index (χ2n) is 9.70. The fourth-order valence-electron chi connectivity index (χ4n) is 4.90. The summed E-state index contributed by atoms with van der Waals surface area (Å²) in [5.74, 6) is 2.59. The summed E-state index contributed by atoms with van der Waals surface area (Å²) < 4.78 is 17.4. The van der Waals surface area contributed by atoms with E-state index in [9.17, 15) is 0 Å². The summed E-state index contributed by atoms with van der Waals surface area (Å²) >= 11 is 0. The van der Waals surface area contributed by atoms with Gasteiger partial charge in [-0.1, -0.05) is 12.1 Å². The van der Waals surface area contributed by atoms with Gasteiger partial charge in [-0.2, -0.15) is 5.10 Å². The van der Waals surface area contributed by atoms with Crippen molar-refractivity contribution in [3.8, 4) is 22.9 Å². The number of morpholine rings is 1. The van der Waals surface area contributed by atoms with Gasteiger partial charge in [-0.05, 0) is 42.8 Å². The van der Waals surface area contributed by atoms with Crippen molar-refractivity contribution in [2.45, 2.75) is 6.42 Å². The Balaban J connectivity index is 1.35. The first-order valence-electron chi connectivity index (χ1n) is 13.5. The number of nitrogens with one attached hydrogen (secondary N) is 3. The molecule has 3 heterocycles. The van der Waals surface area contributed by atoms with Gasteiger partial charge in [0.25, 0.3) is 0 Å². The van der Waals surface area contributed by atoms with Crippen molar-refractivity contribution in [1.29, 1.82) is 0 Å². The van der Waals surface area contributed by atoms with Crippen LogP contribution in [0.1, 0.15) is 6.42 Å². The van der Waals surface area contributed by atoms with Crippen molar-refractivity contribution in [1.82, 2.24) is 25.1 Å². The van der Waals surface area contributed by atoms with Crippen molar-refractivity contribution in [3.63, 3.8) is 0 Å². The number of aromatic nitrogens is 4. The van der Waals surface area contributed by atoms with Crippen molar-refractivity contribution in [2.24, 2.45) is 0 Å². The van der Waals surface area contributed by atoms with Crippen molar-refractivity contribution in [2.75, 3.05) is 64.2 Å². The van der Waals surface area contributed by atoms with Gasteiger partial charge < -0.3 is 24.8 Å². The Morgan fingerprint density at radius 1 is 1.00 bits per heavy atom. The van der Waals surface area contributed by atoms with Gasteiger partial charge in [0.15, 0.2) is 17.3 Å². The molecular weight excluding hydrogens is 506 g/mol. The van der Waals surface area contributed by atoms with E-state index in [-0.39, 0.29) is 0 Å². The van der Waals surface area contributed by atoms with Crippen LogP contribution in [0.25, 0.3) is 33.2 Å². The predicted molar refractivity (Wildman–Crippen MR) is 158 cm³/mol. The molecule has 1 aliphatic heterocycles. The van der Waals surface area contributed by atoms with Crippen molar-refractivity contribution < 1.29 is 14.2 Å². The molecule has 10 nitrogen and oxygen atoms in total. The monoisotopic (exact) mass is 539 g/mol. The number of hydrogen-bond acceptors (Lipinski definition) is 9. The molecule has 1 saturated heterocycles. The molecule has 0 bridgehead atoms. The molecule has 0 atom stereocenters. The van der Waals surface area contributed by atoms with Gasteiger partial charge in [0, 0.05) is 60.5 Å². The third kappa shape index (κ3) is 5.63. The third-order valence-electron chi connectivity index (χ3n) is 7.07. The number of fused-ring (bicyclic) bond motifs is 2. The maximum Gasteiger partial charge on any atom is 0.162 e. The Morgan fingerprint density at radius 3 is 2.75 bits per heavy atom. The number of ether oxygens (including phenoxy) is 3. The first-order valence-corrected chi connectivity index (χ1v) is 13.5. The molecule has 0 saturated carbocycles. The van der Waals surface area contributed by atoms with Crippen LogP contribution in [0.4, 0.5) is 17.2 Å². The van der Waals surface area contributed by atoms with Crippen LogP contribution in [0.2, 0.25) is 0 Å². The van der Waals surface area contributed by atoms with Gasteiger partial charge >= 0.3 is 0 Å². The number of aromatic amines is 1. The van der Waals surface area contributed by atoms with Gasteiger partial charge in [0.1, 0.15) is 5.82 Å². The van der Waals surface area contributed by atoms with Crippen LogP contribution in [0.5, 0.6) is 11.5 Å². The van der Waals surface area contributed by atoms with E-state index in [1.165, 1.54) is 0 Å². The Labute approximate surface area is 232 Å². The highest BCUT2D eigenvalue weighted by atomic mass is 16.5.